The summed E-state index contributed by atoms with van der Waals surface area (Å²) in [5, 5.41) is 2.98. The van der Waals surface area contributed by atoms with Crippen molar-refractivity contribution < 1.29 is 0 Å². The van der Waals surface area contributed by atoms with Crippen molar-refractivity contribution in [1.82, 2.24) is 9.55 Å². The Morgan fingerprint density at radius 1 is 0.675 bits per heavy atom. The van der Waals surface area contributed by atoms with Crippen molar-refractivity contribution >= 4 is 33.8 Å². The number of aromatic nitrogens is 2. The predicted molar refractivity (Wildman–Crippen MR) is 167 cm³/mol. The Morgan fingerprint density at radius 3 is 2.20 bits per heavy atom. The molecule has 0 bridgehead atoms. The molecule has 0 N–H and O–H groups in total. The highest BCUT2D eigenvalue weighted by Crippen LogP contribution is 2.21. The van der Waals surface area contributed by atoms with Gasteiger partial charge < -0.3 is 0 Å². The van der Waals surface area contributed by atoms with Gasteiger partial charge in [0.2, 0.25) is 0 Å². The number of para-hydroxylation sites is 1. The highest BCUT2D eigenvalue weighted by atomic mass is 16.1. The summed E-state index contributed by atoms with van der Waals surface area (Å²) in [5.41, 5.74) is 7.68. The molecule has 0 fully saturated rings. The van der Waals surface area contributed by atoms with Gasteiger partial charge in [-0.25, -0.2) is 4.98 Å². The van der Waals surface area contributed by atoms with E-state index in [1.54, 1.807) is 4.57 Å². The van der Waals surface area contributed by atoms with Crippen molar-refractivity contribution in [2.45, 2.75) is 20.8 Å². The fourth-order valence-corrected chi connectivity index (χ4v) is 5.00. The van der Waals surface area contributed by atoms with Gasteiger partial charge in [-0.2, -0.15) is 0 Å². The van der Waals surface area contributed by atoms with Gasteiger partial charge >= 0.3 is 0 Å². The smallest absolute Gasteiger partial charge is 0.266 e. The minimum absolute atomic E-state index is 0.0941. The SMILES string of the molecule is Cc1ccc2cc(C#Cc3ccc(-n4c(/C=C/c5ccccc5C)nc5ccccc5c4=O)c(C)c3)ccc2c1. The molecule has 0 aliphatic carbocycles. The number of nitrogens with zero attached hydrogens (tertiary/aromatic N) is 2. The van der Waals surface area contributed by atoms with Gasteiger partial charge in [-0.3, -0.25) is 9.36 Å². The van der Waals surface area contributed by atoms with Crippen LogP contribution in [0.4, 0.5) is 0 Å². The number of aryl methyl sites for hydroxylation is 3. The Hall–Kier alpha value is -5.20. The number of hydrogen-bond acceptors (Lipinski definition) is 2. The predicted octanol–water partition coefficient (Wildman–Crippen LogP) is 8.03. The van der Waals surface area contributed by atoms with E-state index in [0.29, 0.717) is 16.7 Å². The summed E-state index contributed by atoms with van der Waals surface area (Å²) in [4.78, 5) is 18.6. The molecule has 3 heteroatoms. The minimum atomic E-state index is -0.0941. The molecule has 1 aromatic heterocycles. The second-order valence-corrected chi connectivity index (χ2v) is 10.1. The Bertz CT molecular complexity index is 2070. The summed E-state index contributed by atoms with van der Waals surface area (Å²) in [5.74, 6) is 7.19. The molecule has 0 saturated heterocycles. The maximum Gasteiger partial charge on any atom is 0.266 e. The molecule has 0 saturated carbocycles. The molecule has 0 unspecified atom stereocenters. The van der Waals surface area contributed by atoms with Crippen LogP contribution in [0.5, 0.6) is 0 Å². The van der Waals surface area contributed by atoms with Gasteiger partial charge in [-0.05, 0) is 96.8 Å². The van der Waals surface area contributed by atoms with Crippen LogP contribution in [0, 0.1) is 32.6 Å². The van der Waals surface area contributed by atoms with Crippen LogP contribution in [0.25, 0.3) is 39.5 Å². The summed E-state index contributed by atoms with van der Waals surface area (Å²) in [6.45, 7) is 6.18. The molecule has 5 aromatic carbocycles. The molecule has 0 spiro atoms. The third-order valence-corrected chi connectivity index (χ3v) is 7.19. The third kappa shape index (κ3) is 4.96. The van der Waals surface area contributed by atoms with Gasteiger partial charge in [0.15, 0.2) is 0 Å². The van der Waals surface area contributed by atoms with Crippen molar-refractivity contribution in [2.75, 3.05) is 0 Å². The molecule has 192 valence electrons. The number of rotatable bonds is 3. The van der Waals surface area contributed by atoms with E-state index in [9.17, 15) is 4.79 Å². The molecule has 0 amide bonds. The standard InChI is InChI=1S/C37H28N2O/c1-25-12-17-32-24-29(15-18-31(32)22-25)14-13-28-16-20-35(27(3)23-28)39-36(21-19-30-9-5-4-8-26(30)2)38-34-11-7-6-10-33(34)37(39)40/h4-12,15-24H,1-3H3/b21-19+. The minimum Gasteiger partial charge on any atom is -0.268 e. The van der Waals surface area contributed by atoms with E-state index in [0.717, 1.165) is 33.5 Å². The zero-order valence-electron chi connectivity index (χ0n) is 22.8. The van der Waals surface area contributed by atoms with E-state index in [4.69, 9.17) is 4.98 Å². The van der Waals surface area contributed by atoms with Crippen molar-refractivity contribution in [1.29, 1.82) is 0 Å². The van der Waals surface area contributed by atoms with Gasteiger partial charge in [0.25, 0.3) is 5.56 Å². The van der Waals surface area contributed by atoms with Crippen molar-refractivity contribution in [3.63, 3.8) is 0 Å². The van der Waals surface area contributed by atoms with E-state index in [1.807, 2.05) is 73.7 Å². The first-order valence-electron chi connectivity index (χ1n) is 13.4. The molecule has 40 heavy (non-hydrogen) atoms. The Kier molecular flexibility index (Phi) is 6.60. The molecular formula is C37H28N2O. The zero-order chi connectivity index (χ0) is 27.6. The summed E-state index contributed by atoms with van der Waals surface area (Å²) in [6.07, 6.45) is 3.94. The van der Waals surface area contributed by atoms with E-state index < -0.39 is 0 Å². The van der Waals surface area contributed by atoms with Crippen LogP contribution < -0.4 is 5.56 Å². The first kappa shape index (κ1) is 25.1. The van der Waals surface area contributed by atoms with Crippen molar-refractivity contribution in [3.05, 3.63) is 153 Å². The maximum atomic E-state index is 13.8. The molecule has 0 aliphatic heterocycles. The lowest BCUT2D eigenvalue weighted by Crippen LogP contribution is -2.23. The number of benzene rings is 5. The molecular weight excluding hydrogens is 488 g/mol. The van der Waals surface area contributed by atoms with Crippen LogP contribution in [-0.2, 0) is 0 Å². The van der Waals surface area contributed by atoms with E-state index in [-0.39, 0.29) is 5.56 Å². The lowest BCUT2D eigenvalue weighted by Gasteiger charge is -2.14. The zero-order valence-corrected chi connectivity index (χ0v) is 22.8. The molecule has 0 radical (unpaired) electrons. The largest absolute Gasteiger partial charge is 0.268 e. The third-order valence-electron chi connectivity index (χ3n) is 7.19. The summed E-state index contributed by atoms with van der Waals surface area (Å²) >= 11 is 0. The van der Waals surface area contributed by atoms with Gasteiger partial charge in [-0.15, -0.1) is 0 Å². The van der Waals surface area contributed by atoms with Crippen LogP contribution in [0.15, 0.2) is 108 Å². The molecule has 6 rings (SSSR count). The normalized spacial score (nSPS) is 11.2. The highest BCUT2D eigenvalue weighted by molar-refractivity contribution is 5.84. The lowest BCUT2D eigenvalue weighted by atomic mass is 10.0. The van der Waals surface area contributed by atoms with Crippen LogP contribution in [0.3, 0.4) is 0 Å². The van der Waals surface area contributed by atoms with E-state index >= 15 is 0 Å². The van der Waals surface area contributed by atoms with Crippen LogP contribution in [-0.4, -0.2) is 9.55 Å². The first-order chi connectivity index (χ1) is 19.5. The Labute approximate surface area is 234 Å². The molecule has 3 nitrogen and oxygen atoms in total. The van der Waals surface area contributed by atoms with E-state index in [2.05, 4.69) is 74.2 Å². The molecule has 0 atom stereocenters. The van der Waals surface area contributed by atoms with Crippen molar-refractivity contribution in [3.8, 4) is 17.5 Å². The van der Waals surface area contributed by atoms with Crippen LogP contribution in [0.2, 0.25) is 0 Å². The first-order valence-corrected chi connectivity index (χ1v) is 13.4. The summed E-state index contributed by atoms with van der Waals surface area (Å²) in [6, 6.07) is 34.4. The van der Waals surface area contributed by atoms with Crippen molar-refractivity contribution in [2.24, 2.45) is 0 Å². The second kappa shape index (κ2) is 10.5. The average Bonchev–Trinajstić information content (AvgIpc) is 2.96. The summed E-state index contributed by atoms with van der Waals surface area (Å²) < 4.78 is 1.70. The van der Waals surface area contributed by atoms with Gasteiger partial charge in [0.1, 0.15) is 5.82 Å². The maximum absolute atomic E-state index is 13.8. The lowest BCUT2D eigenvalue weighted by molar-refractivity contribution is 0.934. The highest BCUT2D eigenvalue weighted by Gasteiger charge is 2.13. The van der Waals surface area contributed by atoms with Gasteiger partial charge in [0, 0.05) is 11.1 Å². The molecule has 1 heterocycles. The fraction of sp³-hybridized carbons (Fsp3) is 0.0811. The number of fused-ring (bicyclic) bond motifs is 2. The topological polar surface area (TPSA) is 34.9 Å². The molecule has 6 aromatic rings. The molecule has 0 aliphatic rings. The average molecular weight is 517 g/mol. The Morgan fingerprint density at radius 2 is 1.38 bits per heavy atom. The van der Waals surface area contributed by atoms with Crippen LogP contribution in [0.1, 0.15) is 39.2 Å². The van der Waals surface area contributed by atoms with Crippen LogP contribution >= 0.6 is 0 Å². The second-order valence-electron chi connectivity index (χ2n) is 10.1. The fourth-order valence-electron chi connectivity index (χ4n) is 5.00. The van der Waals surface area contributed by atoms with Gasteiger partial charge in [-0.1, -0.05) is 84.1 Å². The number of hydrogen-bond donors (Lipinski definition) is 0. The monoisotopic (exact) mass is 516 g/mol. The summed E-state index contributed by atoms with van der Waals surface area (Å²) in [7, 11) is 0. The Balaban J connectivity index is 1.41. The van der Waals surface area contributed by atoms with Gasteiger partial charge in [0.05, 0.1) is 16.6 Å². The quantitative estimate of drug-likeness (QED) is 0.223. The van der Waals surface area contributed by atoms with E-state index in [1.165, 1.54) is 16.3 Å².